The molecule has 0 radical (unpaired) electrons. The molecule has 0 amide bonds. The molecule has 2 heterocycles. The largest absolute Gasteiger partial charge is 0.316 e. The minimum Gasteiger partial charge on any atom is -0.316 e. The quantitative estimate of drug-likeness (QED) is 0.905. The lowest BCUT2D eigenvalue weighted by atomic mass is 10.1. The predicted octanol–water partition coefficient (Wildman–Crippen LogP) is 2.59. The van der Waals surface area contributed by atoms with Crippen LogP contribution in [-0.4, -0.2) is 23.1 Å². The third-order valence-corrected chi connectivity index (χ3v) is 4.43. The van der Waals surface area contributed by atoms with Gasteiger partial charge in [0, 0.05) is 35.3 Å². The molecule has 0 fully saturated rings. The Bertz CT molecular complexity index is 433. The summed E-state index contributed by atoms with van der Waals surface area (Å²) in [6.07, 6.45) is 1.95. The molecular formula is C12H17N3S2. The van der Waals surface area contributed by atoms with Crippen molar-refractivity contribution in [3.05, 3.63) is 32.2 Å². The minimum atomic E-state index is 0.419. The van der Waals surface area contributed by atoms with Crippen LogP contribution in [-0.2, 0) is 12.8 Å². The summed E-state index contributed by atoms with van der Waals surface area (Å²) in [5.74, 6) is 0. The molecule has 0 saturated heterocycles. The lowest BCUT2D eigenvalue weighted by Gasteiger charge is -2.12. The number of nitrogens with zero attached hydrogens (tertiary/aromatic N) is 2. The van der Waals surface area contributed by atoms with Crippen LogP contribution < -0.4 is 5.32 Å². The molecule has 3 nitrogen and oxygen atoms in total. The molecule has 0 aromatic carbocycles. The zero-order valence-electron chi connectivity index (χ0n) is 10.4. The van der Waals surface area contributed by atoms with Gasteiger partial charge in [0.25, 0.3) is 0 Å². The summed E-state index contributed by atoms with van der Waals surface area (Å²) < 4.78 is 0. The molecule has 2 aromatic rings. The minimum absolute atomic E-state index is 0.419. The Kier molecular flexibility index (Phi) is 4.25. The van der Waals surface area contributed by atoms with Crippen molar-refractivity contribution in [2.24, 2.45) is 0 Å². The standard InChI is InChI=1S/C12H17N3S2/c1-8-6-17-12(14-8)5-10(13-3)4-11-7-16-9(2)15-11/h6-7,10,13H,4-5H2,1-3H3. The maximum atomic E-state index is 4.51. The van der Waals surface area contributed by atoms with Gasteiger partial charge in [-0.05, 0) is 20.9 Å². The van der Waals surface area contributed by atoms with Gasteiger partial charge in [0.05, 0.1) is 15.7 Å². The number of hydrogen-bond donors (Lipinski definition) is 1. The van der Waals surface area contributed by atoms with E-state index in [1.807, 2.05) is 20.9 Å². The third-order valence-electron chi connectivity index (χ3n) is 2.62. The summed E-state index contributed by atoms with van der Waals surface area (Å²) >= 11 is 3.46. The van der Waals surface area contributed by atoms with E-state index >= 15 is 0 Å². The highest BCUT2D eigenvalue weighted by Crippen LogP contribution is 2.15. The molecule has 2 aromatic heterocycles. The summed E-state index contributed by atoms with van der Waals surface area (Å²) in [7, 11) is 2.00. The van der Waals surface area contributed by atoms with Gasteiger partial charge in [-0.15, -0.1) is 22.7 Å². The highest BCUT2D eigenvalue weighted by atomic mass is 32.1. The van der Waals surface area contributed by atoms with E-state index in [0.29, 0.717) is 6.04 Å². The summed E-state index contributed by atoms with van der Waals surface area (Å²) in [5, 5.41) is 9.94. The SMILES string of the molecule is CNC(Cc1csc(C)n1)Cc1nc(C)cs1. The molecule has 0 aliphatic heterocycles. The van der Waals surface area contributed by atoms with Gasteiger partial charge >= 0.3 is 0 Å². The van der Waals surface area contributed by atoms with E-state index in [-0.39, 0.29) is 0 Å². The Morgan fingerprint density at radius 2 is 2.00 bits per heavy atom. The molecule has 0 bridgehead atoms. The average molecular weight is 267 g/mol. The first-order chi connectivity index (χ1) is 8.17. The number of hydrogen-bond acceptors (Lipinski definition) is 5. The molecule has 0 spiro atoms. The molecule has 0 aliphatic rings. The highest BCUT2D eigenvalue weighted by Gasteiger charge is 2.12. The molecule has 0 aliphatic carbocycles. The fourth-order valence-electron chi connectivity index (χ4n) is 1.74. The van der Waals surface area contributed by atoms with Gasteiger partial charge in [-0.1, -0.05) is 0 Å². The molecule has 1 N–H and O–H groups in total. The van der Waals surface area contributed by atoms with Gasteiger partial charge in [-0.2, -0.15) is 0 Å². The smallest absolute Gasteiger partial charge is 0.0943 e. The van der Waals surface area contributed by atoms with E-state index in [1.54, 1.807) is 22.7 Å². The second-order valence-electron chi connectivity index (χ2n) is 4.13. The van der Waals surface area contributed by atoms with Crippen LogP contribution in [0.25, 0.3) is 0 Å². The van der Waals surface area contributed by atoms with Crippen molar-refractivity contribution in [2.45, 2.75) is 32.7 Å². The van der Waals surface area contributed by atoms with Crippen LogP contribution in [0.2, 0.25) is 0 Å². The maximum absolute atomic E-state index is 4.51. The van der Waals surface area contributed by atoms with Gasteiger partial charge < -0.3 is 5.32 Å². The lowest BCUT2D eigenvalue weighted by molar-refractivity contribution is 0.549. The van der Waals surface area contributed by atoms with Crippen LogP contribution in [0.4, 0.5) is 0 Å². The van der Waals surface area contributed by atoms with Crippen LogP contribution >= 0.6 is 22.7 Å². The van der Waals surface area contributed by atoms with E-state index in [2.05, 4.69) is 26.0 Å². The Balaban J connectivity index is 1.97. The van der Waals surface area contributed by atoms with E-state index in [0.717, 1.165) is 23.5 Å². The van der Waals surface area contributed by atoms with E-state index < -0.39 is 0 Å². The van der Waals surface area contributed by atoms with E-state index in [4.69, 9.17) is 0 Å². The van der Waals surface area contributed by atoms with Gasteiger partial charge in [0.2, 0.25) is 0 Å². The Morgan fingerprint density at radius 3 is 2.53 bits per heavy atom. The van der Waals surface area contributed by atoms with Crippen LogP contribution in [0.5, 0.6) is 0 Å². The number of nitrogens with one attached hydrogen (secondary N) is 1. The molecule has 1 atom stereocenters. The lowest BCUT2D eigenvalue weighted by Crippen LogP contribution is -2.30. The van der Waals surface area contributed by atoms with Crippen LogP contribution in [0.1, 0.15) is 21.4 Å². The number of thiazole rings is 2. The van der Waals surface area contributed by atoms with E-state index in [9.17, 15) is 0 Å². The predicted molar refractivity (Wildman–Crippen MR) is 74.0 cm³/mol. The first kappa shape index (κ1) is 12.7. The fraction of sp³-hybridized carbons (Fsp3) is 0.500. The number of aryl methyl sites for hydroxylation is 2. The normalized spacial score (nSPS) is 12.9. The van der Waals surface area contributed by atoms with Crippen LogP contribution in [0, 0.1) is 13.8 Å². The number of likely N-dealkylation sites (N-methyl/N-ethyl adjacent to an activating group) is 1. The summed E-state index contributed by atoms with van der Waals surface area (Å²) in [4.78, 5) is 9.01. The summed E-state index contributed by atoms with van der Waals surface area (Å²) in [6.45, 7) is 4.09. The first-order valence-corrected chi connectivity index (χ1v) is 7.42. The Labute approximate surface area is 110 Å². The summed E-state index contributed by atoms with van der Waals surface area (Å²) in [6, 6.07) is 0.419. The third kappa shape index (κ3) is 3.59. The summed E-state index contributed by atoms with van der Waals surface area (Å²) in [5.41, 5.74) is 2.30. The van der Waals surface area contributed by atoms with Crippen molar-refractivity contribution in [2.75, 3.05) is 7.05 Å². The zero-order valence-corrected chi connectivity index (χ0v) is 12.0. The molecule has 1 unspecified atom stereocenters. The van der Waals surface area contributed by atoms with Gasteiger partial charge in [0.1, 0.15) is 0 Å². The van der Waals surface area contributed by atoms with Crippen molar-refractivity contribution in [3.63, 3.8) is 0 Å². The maximum Gasteiger partial charge on any atom is 0.0943 e. The second kappa shape index (κ2) is 5.71. The molecule has 17 heavy (non-hydrogen) atoms. The van der Waals surface area contributed by atoms with Crippen molar-refractivity contribution in [3.8, 4) is 0 Å². The van der Waals surface area contributed by atoms with Gasteiger partial charge in [-0.3, -0.25) is 0 Å². The van der Waals surface area contributed by atoms with Crippen molar-refractivity contribution >= 4 is 22.7 Å². The molecule has 0 saturated carbocycles. The molecule has 5 heteroatoms. The molecular weight excluding hydrogens is 250 g/mol. The van der Waals surface area contributed by atoms with Crippen molar-refractivity contribution < 1.29 is 0 Å². The second-order valence-corrected chi connectivity index (χ2v) is 6.14. The first-order valence-electron chi connectivity index (χ1n) is 5.66. The van der Waals surface area contributed by atoms with Crippen LogP contribution in [0.3, 0.4) is 0 Å². The number of rotatable bonds is 5. The molecule has 92 valence electrons. The topological polar surface area (TPSA) is 37.8 Å². The Hall–Kier alpha value is -0.780. The monoisotopic (exact) mass is 267 g/mol. The highest BCUT2D eigenvalue weighted by molar-refractivity contribution is 7.09. The zero-order chi connectivity index (χ0) is 12.3. The average Bonchev–Trinajstić information content (AvgIpc) is 2.87. The van der Waals surface area contributed by atoms with Gasteiger partial charge in [0.15, 0.2) is 0 Å². The van der Waals surface area contributed by atoms with Crippen LogP contribution in [0.15, 0.2) is 10.8 Å². The van der Waals surface area contributed by atoms with Crippen molar-refractivity contribution in [1.82, 2.24) is 15.3 Å². The molecule has 2 rings (SSSR count). The van der Waals surface area contributed by atoms with Crippen molar-refractivity contribution in [1.29, 1.82) is 0 Å². The number of aromatic nitrogens is 2. The van der Waals surface area contributed by atoms with Gasteiger partial charge in [-0.25, -0.2) is 9.97 Å². The Morgan fingerprint density at radius 1 is 1.18 bits per heavy atom. The fourth-order valence-corrected chi connectivity index (χ4v) is 3.22. The van der Waals surface area contributed by atoms with E-state index in [1.165, 1.54) is 10.7 Å².